The molecule has 0 saturated heterocycles. The van der Waals surface area contributed by atoms with E-state index >= 15 is 0 Å². The van der Waals surface area contributed by atoms with Gasteiger partial charge in [-0.15, -0.1) is 0 Å². The van der Waals surface area contributed by atoms with E-state index in [4.69, 9.17) is 18.9 Å². The molecule has 0 atom stereocenters. The third kappa shape index (κ3) is 4.90. The zero-order valence-electron chi connectivity index (χ0n) is 17.0. The second kappa shape index (κ2) is 9.50. The standard InChI is InChI=1S/C20H21N5O5/c1-12-7-18(25-20(23-12)14-10-21-5-6-22-14)30-11-17(26)24-13-8-15(27-2)19(29-4)16(9-13)28-3/h5-10H,11H2,1-4H3,(H,24,26). The number of ether oxygens (including phenoxy) is 4. The maximum Gasteiger partial charge on any atom is 0.262 e. The molecular weight excluding hydrogens is 390 g/mol. The van der Waals surface area contributed by atoms with Crippen LogP contribution in [0, 0.1) is 6.92 Å². The summed E-state index contributed by atoms with van der Waals surface area (Å²) in [7, 11) is 4.50. The number of methoxy groups -OCH3 is 3. The molecule has 30 heavy (non-hydrogen) atoms. The Labute approximate surface area is 173 Å². The first-order valence-corrected chi connectivity index (χ1v) is 8.88. The largest absolute Gasteiger partial charge is 0.493 e. The third-order valence-electron chi connectivity index (χ3n) is 3.92. The van der Waals surface area contributed by atoms with E-state index in [0.717, 1.165) is 0 Å². The van der Waals surface area contributed by atoms with E-state index < -0.39 is 0 Å². The van der Waals surface area contributed by atoms with E-state index in [1.54, 1.807) is 43.7 Å². The highest BCUT2D eigenvalue weighted by atomic mass is 16.5. The van der Waals surface area contributed by atoms with Gasteiger partial charge in [-0.1, -0.05) is 0 Å². The van der Waals surface area contributed by atoms with Gasteiger partial charge in [0.05, 0.1) is 27.5 Å². The maximum atomic E-state index is 12.4. The van der Waals surface area contributed by atoms with E-state index in [9.17, 15) is 4.79 Å². The molecule has 0 aliphatic heterocycles. The summed E-state index contributed by atoms with van der Waals surface area (Å²) in [4.78, 5) is 29.1. The molecule has 0 spiro atoms. The average Bonchev–Trinajstić information content (AvgIpc) is 2.77. The molecule has 3 rings (SSSR count). The van der Waals surface area contributed by atoms with Gasteiger partial charge in [0.25, 0.3) is 5.91 Å². The number of nitrogens with one attached hydrogen (secondary N) is 1. The molecule has 0 fully saturated rings. The molecule has 2 aromatic heterocycles. The summed E-state index contributed by atoms with van der Waals surface area (Å²) in [6.45, 7) is 1.54. The van der Waals surface area contributed by atoms with Crippen LogP contribution in [0.2, 0.25) is 0 Å². The Morgan fingerprint density at radius 3 is 2.33 bits per heavy atom. The first-order valence-electron chi connectivity index (χ1n) is 8.88. The fourth-order valence-corrected chi connectivity index (χ4v) is 2.63. The van der Waals surface area contributed by atoms with Crippen molar-refractivity contribution in [2.45, 2.75) is 6.92 Å². The van der Waals surface area contributed by atoms with Crippen LogP contribution in [-0.2, 0) is 4.79 Å². The molecule has 1 aromatic carbocycles. The fraction of sp³-hybridized carbons (Fsp3) is 0.250. The summed E-state index contributed by atoms with van der Waals surface area (Å²) in [6.07, 6.45) is 4.66. The molecule has 10 nitrogen and oxygen atoms in total. The summed E-state index contributed by atoms with van der Waals surface area (Å²) in [6, 6.07) is 4.88. The molecule has 0 bridgehead atoms. The number of hydrogen-bond acceptors (Lipinski definition) is 9. The lowest BCUT2D eigenvalue weighted by molar-refractivity contribution is -0.118. The number of rotatable bonds is 8. The quantitative estimate of drug-likeness (QED) is 0.595. The van der Waals surface area contributed by atoms with Gasteiger partial charge < -0.3 is 24.3 Å². The number of benzene rings is 1. The minimum Gasteiger partial charge on any atom is -0.493 e. The lowest BCUT2D eigenvalue weighted by atomic mass is 10.2. The van der Waals surface area contributed by atoms with Crippen LogP contribution in [-0.4, -0.2) is 53.8 Å². The summed E-state index contributed by atoms with van der Waals surface area (Å²) < 4.78 is 21.4. The first kappa shape index (κ1) is 20.8. The zero-order valence-corrected chi connectivity index (χ0v) is 17.0. The van der Waals surface area contributed by atoms with Gasteiger partial charge in [0, 0.05) is 42.0 Å². The summed E-state index contributed by atoms with van der Waals surface area (Å²) >= 11 is 0. The van der Waals surface area contributed by atoms with Crippen LogP contribution < -0.4 is 24.3 Å². The normalized spacial score (nSPS) is 10.3. The monoisotopic (exact) mass is 411 g/mol. The van der Waals surface area contributed by atoms with Crippen molar-refractivity contribution in [2.24, 2.45) is 0 Å². The van der Waals surface area contributed by atoms with Gasteiger partial charge in [0.15, 0.2) is 23.9 Å². The lowest BCUT2D eigenvalue weighted by Gasteiger charge is -2.14. The SMILES string of the molecule is COc1cc(NC(=O)COc2cc(C)nc(-c3cnccn3)n2)cc(OC)c1OC. The average molecular weight is 411 g/mol. The van der Waals surface area contributed by atoms with Crippen molar-refractivity contribution in [1.82, 2.24) is 19.9 Å². The van der Waals surface area contributed by atoms with Gasteiger partial charge >= 0.3 is 0 Å². The topological polar surface area (TPSA) is 118 Å². The summed E-state index contributed by atoms with van der Waals surface area (Å²) in [5.74, 6) is 1.51. The van der Waals surface area contributed by atoms with Crippen molar-refractivity contribution in [1.29, 1.82) is 0 Å². The van der Waals surface area contributed by atoms with Crippen molar-refractivity contribution in [2.75, 3.05) is 33.3 Å². The molecule has 1 amide bonds. The molecule has 0 aliphatic carbocycles. The van der Waals surface area contributed by atoms with Gasteiger partial charge in [-0.25, -0.2) is 9.97 Å². The van der Waals surface area contributed by atoms with Crippen molar-refractivity contribution in [3.63, 3.8) is 0 Å². The number of anilines is 1. The van der Waals surface area contributed by atoms with E-state index in [1.165, 1.54) is 21.3 Å². The Kier molecular flexibility index (Phi) is 6.58. The van der Waals surface area contributed by atoms with Crippen LogP contribution in [0.4, 0.5) is 5.69 Å². The molecular formula is C20H21N5O5. The number of carbonyl (C=O) groups excluding carboxylic acids is 1. The number of hydrogen-bond donors (Lipinski definition) is 1. The molecule has 0 radical (unpaired) electrons. The summed E-state index contributed by atoms with van der Waals surface area (Å²) in [5, 5.41) is 2.73. The Balaban J connectivity index is 1.70. The number of aromatic nitrogens is 4. The molecule has 1 N–H and O–H groups in total. The molecule has 3 aromatic rings. The van der Waals surface area contributed by atoms with E-state index in [1.807, 2.05) is 0 Å². The Morgan fingerprint density at radius 2 is 1.73 bits per heavy atom. The Morgan fingerprint density at radius 1 is 1.00 bits per heavy atom. The maximum absolute atomic E-state index is 12.4. The Hall–Kier alpha value is -3.95. The number of aryl methyl sites for hydroxylation is 1. The molecule has 10 heteroatoms. The predicted octanol–water partition coefficient (Wildman–Crippen LogP) is 2.29. The van der Waals surface area contributed by atoms with Crippen molar-refractivity contribution in [3.05, 3.63) is 42.5 Å². The molecule has 0 unspecified atom stereocenters. The lowest BCUT2D eigenvalue weighted by Crippen LogP contribution is -2.20. The minimum absolute atomic E-state index is 0.253. The van der Waals surface area contributed by atoms with Crippen LogP contribution in [0.5, 0.6) is 23.1 Å². The molecule has 2 heterocycles. The highest BCUT2D eigenvalue weighted by molar-refractivity contribution is 5.92. The third-order valence-corrected chi connectivity index (χ3v) is 3.92. The smallest absolute Gasteiger partial charge is 0.262 e. The van der Waals surface area contributed by atoms with Gasteiger partial charge in [0.1, 0.15) is 5.69 Å². The zero-order chi connectivity index (χ0) is 21.5. The van der Waals surface area contributed by atoms with Gasteiger partial charge in [-0.2, -0.15) is 4.98 Å². The molecule has 0 saturated carbocycles. The summed E-state index contributed by atoms with van der Waals surface area (Å²) in [5.41, 5.74) is 1.65. The second-order valence-corrected chi connectivity index (χ2v) is 6.01. The van der Waals surface area contributed by atoms with Crippen LogP contribution in [0.1, 0.15) is 5.69 Å². The van der Waals surface area contributed by atoms with Crippen molar-refractivity contribution in [3.8, 4) is 34.6 Å². The highest BCUT2D eigenvalue weighted by Crippen LogP contribution is 2.39. The molecule has 156 valence electrons. The predicted molar refractivity (Wildman–Crippen MR) is 108 cm³/mol. The van der Waals surface area contributed by atoms with Gasteiger partial charge in [0.2, 0.25) is 11.6 Å². The van der Waals surface area contributed by atoms with Crippen LogP contribution >= 0.6 is 0 Å². The number of carbonyl (C=O) groups is 1. The van der Waals surface area contributed by atoms with Crippen LogP contribution in [0.3, 0.4) is 0 Å². The fourth-order valence-electron chi connectivity index (χ4n) is 2.63. The van der Waals surface area contributed by atoms with Crippen LogP contribution in [0.15, 0.2) is 36.8 Å². The van der Waals surface area contributed by atoms with Gasteiger partial charge in [-0.3, -0.25) is 9.78 Å². The highest BCUT2D eigenvalue weighted by Gasteiger charge is 2.15. The van der Waals surface area contributed by atoms with Crippen molar-refractivity contribution >= 4 is 11.6 Å². The van der Waals surface area contributed by atoms with E-state index in [-0.39, 0.29) is 18.4 Å². The first-order chi connectivity index (χ1) is 14.5. The Bertz CT molecular complexity index is 1000. The molecule has 0 aliphatic rings. The van der Waals surface area contributed by atoms with Crippen LogP contribution in [0.25, 0.3) is 11.5 Å². The number of amides is 1. The van der Waals surface area contributed by atoms with Crippen molar-refractivity contribution < 1.29 is 23.7 Å². The second-order valence-electron chi connectivity index (χ2n) is 6.01. The minimum atomic E-state index is -0.387. The van der Waals surface area contributed by atoms with E-state index in [0.29, 0.717) is 40.1 Å². The number of nitrogens with zero attached hydrogens (tertiary/aromatic N) is 4. The van der Waals surface area contributed by atoms with Gasteiger partial charge in [-0.05, 0) is 6.92 Å². The van der Waals surface area contributed by atoms with E-state index in [2.05, 4.69) is 25.3 Å².